The lowest BCUT2D eigenvalue weighted by Crippen LogP contribution is -2.63. The van der Waals surface area contributed by atoms with Crippen LogP contribution in [0.3, 0.4) is 0 Å². The molecule has 6 rings (SSSR count). The van der Waals surface area contributed by atoms with E-state index in [1.807, 2.05) is 11.1 Å². The van der Waals surface area contributed by atoms with Crippen molar-refractivity contribution >= 4 is 23.6 Å². The van der Waals surface area contributed by atoms with Gasteiger partial charge in [-0.25, -0.2) is 4.79 Å². The Kier molecular flexibility index (Phi) is 3.47. The Morgan fingerprint density at radius 1 is 1.08 bits per heavy atom. The van der Waals surface area contributed by atoms with E-state index in [9.17, 15) is 4.79 Å². The second-order valence-corrected chi connectivity index (χ2v) is 8.92. The fraction of sp³-hybridized carbons (Fsp3) is 0.824. The molecule has 5 aliphatic rings. The minimum atomic E-state index is 0.113. The second kappa shape index (κ2) is 5.58. The minimum Gasteiger partial charge on any atom is -0.351 e. The van der Waals surface area contributed by atoms with Crippen molar-refractivity contribution in [1.82, 2.24) is 19.0 Å². The van der Waals surface area contributed by atoms with Crippen LogP contribution in [0.15, 0.2) is 6.20 Å². The number of aromatic nitrogens is 2. The number of rotatable bonds is 2. The average Bonchev–Trinajstić information content (AvgIpc) is 3.07. The van der Waals surface area contributed by atoms with Crippen molar-refractivity contribution in [1.29, 1.82) is 0 Å². The van der Waals surface area contributed by atoms with Gasteiger partial charge in [0, 0.05) is 31.7 Å². The SMILES string of the molecule is O=C(NC12CC3CC(CC(C3)C1)C2)N1CCN(c2cnsn2)CC1. The summed E-state index contributed by atoms with van der Waals surface area (Å²) >= 11 is 1.24. The van der Waals surface area contributed by atoms with Gasteiger partial charge in [0.05, 0.1) is 17.9 Å². The average molecular weight is 347 g/mol. The van der Waals surface area contributed by atoms with E-state index in [0.29, 0.717) is 0 Å². The summed E-state index contributed by atoms with van der Waals surface area (Å²) in [6, 6.07) is 0.160. The van der Waals surface area contributed by atoms with Crippen molar-refractivity contribution in [3.05, 3.63) is 6.20 Å². The molecule has 0 aromatic carbocycles. The Morgan fingerprint density at radius 2 is 1.71 bits per heavy atom. The molecule has 4 saturated carbocycles. The van der Waals surface area contributed by atoms with Crippen molar-refractivity contribution < 1.29 is 4.79 Å². The molecule has 7 heteroatoms. The normalized spacial score (nSPS) is 37.8. The summed E-state index contributed by atoms with van der Waals surface area (Å²) in [5, 5.41) is 3.49. The number of carbonyl (C=O) groups is 1. The molecule has 1 aromatic rings. The Labute approximate surface area is 146 Å². The number of piperazine rings is 1. The van der Waals surface area contributed by atoms with E-state index in [0.717, 1.165) is 49.8 Å². The maximum absolute atomic E-state index is 12.8. The molecule has 4 aliphatic carbocycles. The Hall–Kier alpha value is -1.37. The molecular formula is C17H25N5OS. The highest BCUT2D eigenvalue weighted by Gasteiger charge is 2.51. The summed E-state index contributed by atoms with van der Waals surface area (Å²) in [6.45, 7) is 3.24. The predicted octanol–water partition coefficient (Wildman–Crippen LogP) is 2.34. The van der Waals surface area contributed by atoms with Gasteiger partial charge in [-0.15, -0.1) is 0 Å². The summed E-state index contributed by atoms with van der Waals surface area (Å²) < 4.78 is 8.36. The molecule has 5 fully saturated rings. The Bertz CT molecular complexity index is 575. The van der Waals surface area contributed by atoms with E-state index >= 15 is 0 Å². The van der Waals surface area contributed by atoms with Gasteiger partial charge < -0.3 is 15.1 Å². The smallest absolute Gasteiger partial charge is 0.317 e. The third-order valence-corrected chi connectivity index (χ3v) is 7.12. The van der Waals surface area contributed by atoms with Crippen molar-refractivity contribution in [3.63, 3.8) is 0 Å². The zero-order valence-electron chi connectivity index (χ0n) is 14.0. The van der Waals surface area contributed by atoms with E-state index in [-0.39, 0.29) is 11.6 Å². The number of hydrogen-bond acceptors (Lipinski definition) is 5. The van der Waals surface area contributed by atoms with Crippen LogP contribution in [0.2, 0.25) is 0 Å². The van der Waals surface area contributed by atoms with Crippen LogP contribution in [0.4, 0.5) is 10.6 Å². The van der Waals surface area contributed by atoms with Crippen LogP contribution >= 0.6 is 11.7 Å². The monoisotopic (exact) mass is 347 g/mol. The number of amides is 2. The molecule has 0 atom stereocenters. The van der Waals surface area contributed by atoms with Crippen LogP contribution in [-0.2, 0) is 0 Å². The maximum atomic E-state index is 12.8. The van der Waals surface area contributed by atoms with E-state index in [1.54, 1.807) is 0 Å². The molecule has 1 saturated heterocycles. The molecule has 0 radical (unpaired) electrons. The lowest BCUT2D eigenvalue weighted by Gasteiger charge is -2.57. The summed E-state index contributed by atoms with van der Waals surface area (Å²) in [6.07, 6.45) is 9.70. The zero-order valence-corrected chi connectivity index (χ0v) is 14.8. The van der Waals surface area contributed by atoms with Crippen LogP contribution < -0.4 is 10.2 Å². The lowest BCUT2D eigenvalue weighted by atomic mass is 9.53. The van der Waals surface area contributed by atoms with Gasteiger partial charge in [-0.3, -0.25) is 0 Å². The van der Waals surface area contributed by atoms with Crippen molar-refractivity contribution in [2.45, 2.75) is 44.1 Å². The molecule has 0 spiro atoms. The largest absolute Gasteiger partial charge is 0.351 e. The van der Waals surface area contributed by atoms with Crippen LogP contribution in [0.25, 0.3) is 0 Å². The van der Waals surface area contributed by atoms with Gasteiger partial charge in [0.15, 0.2) is 5.82 Å². The van der Waals surface area contributed by atoms with Crippen LogP contribution in [-0.4, -0.2) is 51.4 Å². The quantitative estimate of drug-likeness (QED) is 0.892. The molecule has 4 bridgehead atoms. The van der Waals surface area contributed by atoms with Gasteiger partial charge >= 0.3 is 6.03 Å². The molecule has 24 heavy (non-hydrogen) atoms. The second-order valence-electron chi connectivity index (χ2n) is 8.37. The van der Waals surface area contributed by atoms with Gasteiger partial charge in [-0.2, -0.15) is 8.75 Å². The van der Waals surface area contributed by atoms with Crippen molar-refractivity contribution in [2.24, 2.45) is 17.8 Å². The predicted molar refractivity (Wildman–Crippen MR) is 93.1 cm³/mol. The molecule has 1 aliphatic heterocycles. The first-order chi connectivity index (χ1) is 11.7. The Balaban J connectivity index is 1.21. The summed E-state index contributed by atoms with van der Waals surface area (Å²) in [4.78, 5) is 17.1. The van der Waals surface area contributed by atoms with E-state index in [2.05, 4.69) is 19.0 Å². The number of anilines is 1. The third kappa shape index (κ3) is 2.57. The van der Waals surface area contributed by atoms with E-state index in [4.69, 9.17) is 0 Å². The van der Waals surface area contributed by atoms with Crippen LogP contribution in [0.1, 0.15) is 38.5 Å². The first-order valence-corrected chi connectivity index (χ1v) is 10.0. The standard InChI is InChI=1S/C17H25N5OS/c23-16(22-3-1-21(2-4-22)15-11-18-24-20-15)19-17-8-12-5-13(9-17)7-14(6-12)10-17/h11-14H,1-10H2,(H,19,23). The van der Waals surface area contributed by atoms with Crippen molar-refractivity contribution in [3.8, 4) is 0 Å². The number of hydrogen-bond donors (Lipinski definition) is 1. The fourth-order valence-electron chi connectivity index (χ4n) is 6.01. The summed E-state index contributed by atoms with van der Waals surface area (Å²) in [5.74, 6) is 3.54. The first kappa shape index (κ1) is 14.9. The molecule has 0 unspecified atom stereocenters. The van der Waals surface area contributed by atoms with Gasteiger partial charge in [-0.05, 0) is 56.3 Å². The number of carbonyl (C=O) groups excluding carboxylic acids is 1. The zero-order chi connectivity index (χ0) is 16.1. The molecule has 6 nitrogen and oxygen atoms in total. The van der Waals surface area contributed by atoms with Gasteiger partial charge in [-0.1, -0.05) is 0 Å². The lowest BCUT2D eigenvalue weighted by molar-refractivity contribution is -0.0157. The highest BCUT2D eigenvalue weighted by atomic mass is 32.1. The molecule has 2 amide bonds. The molecule has 2 heterocycles. The summed E-state index contributed by atoms with van der Waals surface area (Å²) in [7, 11) is 0. The first-order valence-electron chi connectivity index (χ1n) is 9.29. The molecule has 1 N–H and O–H groups in total. The molecule has 130 valence electrons. The topological polar surface area (TPSA) is 61.4 Å². The molecule has 1 aromatic heterocycles. The number of urea groups is 1. The van der Waals surface area contributed by atoms with Crippen LogP contribution in [0.5, 0.6) is 0 Å². The maximum Gasteiger partial charge on any atom is 0.317 e. The van der Waals surface area contributed by atoms with Gasteiger partial charge in [0.1, 0.15) is 0 Å². The fourth-order valence-corrected chi connectivity index (χ4v) is 6.44. The van der Waals surface area contributed by atoms with Gasteiger partial charge in [0.2, 0.25) is 0 Å². The third-order valence-electron chi connectivity index (χ3n) is 6.65. The highest BCUT2D eigenvalue weighted by Crippen LogP contribution is 2.55. The Morgan fingerprint density at radius 3 is 2.25 bits per heavy atom. The molecular weight excluding hydrogens is 322 g/mol. The number of nitrogens with zero attached hydrogens (tertiary/aromatic N) is 4. The van der Waals surface area contributed by atoms with Crippen LogP contribution in [0, 0.1) is 17.8 Å². The van der Waals surface area contributed by atoms with Crippen molar-refractivity contribution in [2.75, 3.05) is 31.1 Å². The van der Waals surface area contributed by atoms with E-state index < -0.39 is 0 Å². The highest BCUT2D eigenvalue weighted by molar-refractivity contribution is 6.99. The van der Waals surface area contributed by atoms with Gasteiger partial charge in [0.25, 0.3) is 0 Å². The number of nitrogens with one attached hydrogen (secondary N) is 1. The summed E-state index contributed by atoms with van der Waals surface area (Å²) in [5.41, 5.74) is 0.113. The minimum absolute atomic E-state index is 0.113. The van der Waals surface area contributed by atoms with E-state index in [1.165, 1.54) is 50.3 Å².